The summed E-state index contributed by atoms with van der Waals surface area (Å²) >= 11 is 0. The zero-order valence-electron chi connectivity index (χ0n) is 10.8. The first-order valence-corrected chi connectivity index (χ1v) is 6.44. The van der Waals surface area contributed by atoms with Crippen molar-refractivity contribution in [1.29, 1.82) is 0 Å². The summed E-state index contributed by atoms with van der Waals surface area (Å²) in [6, 6.07) is 7.52. The normalized spacial score (nSPS) is 20.5. The van der Waals surface area contributed by atoms with E-state index < -0.39 is 12.6 Å². The molecule has 0 fully saturated rings. The minimum atomic E-state index is -4.09. The minimum absolute atomic E-state index is 0.0854. The molecule has 2 unspecified atom stereocenters. The number of rotatable bonds is 4. The van der Waals surface area contributed by atoms with Gasteiger partial charge in [0.15, 0.2) is 0 Å². The third kappa shape index (κ3) is 3.86. The van der Waals surface area contributed by atoms with Gasteiger partial charge in [-0.15, -0.1) is 0 Å². The number of fused-ring (bicyclic) bond motifs is 1. The first-order valence-electron chi connectivity index (χ1n) is 6.44. The Morgan fingerprint density at radius 2 is 2.11 bits per heavy atom. The number of benzene rings is 1. The lowest BCUT2D eigenvalue weighted by Gasteiger charge is -2.31. The van der Waals surface area contributed by atoms with Crippen molar-refractivity contribution in [3.63, 3.8) is 0 Å². The van der Waals surface area contributed by atoms with Crippen LogP contribution in [0.1, 0.15) is 18.4 Å². The van der Waals surface area contributed by atoms with Gasteiger partial charge in [0.2, 0.25) is 0 Å². The summed E-state index contributed by atoms with van der Waals surface area (Å²) < 4.78 is 42.5. The van der Waals surface area contributed by atoms with E-state index in [0.29, 0.717) is 6.61 Å². The van der Waals surface area contributed by atoms with Crippen LogP contribution >= 0.6 is 0 Å². The van der Waals surface area contributed by atoms with Crippen molar-refractivity contribution >= 4 is 0 Å². The van der Waals surface area contributed by atoms with Crippen molar-refractivity contribution in [2.45, 2.75) is 31.5 Å². The van der Waals surface area contributed by atoms with E-state index in [-0.39, 0.29) is 18.4 Å². The maximum Gasteiger partial charge on any atom is 0.389 e. The fourth-order valence-electron chi connectivity index (χ4n) is 2.54. The Morgan fingerprint density at radius 3 is 2.79 bits per heavy atom. The summed E-state index contributed by atoms with van der Waals surface area (Å²) in [6.07, 6.45) is -3.99. The van der Waals surface area contributed by atoms with Gasteiger partial charge in [0, 0.05) is 18.4 Å². The van der Waals surface area contributed by atoms with E-state index in [0.717, 1.165) is 17.7 Å². The zero-order chi connectivity index (χ0) is 13.9. The van der Waals surface area contributed by atoms with E-state index in [1.54, 1.807) is 7.05 Å². The number of alkyl halides is 3. The average molecular weight is 273 g/mol. The molecule has 2 nitrogen and oxygen atoms in total. The van der Waals surface area contributed by atoms with Gasteiger partial charge in [-0.05, 0) is 31.5 Å². The van der Waals surface area contributed by atoms with Crippen LogP contribution in [0, 0.1) is 5.92 Å². The predicted molar refractivity (Wildman–Crippen MR) is 67.3 cm³/mol. The number of halogens is 3. The van der Waals surface area contributed by atoms with Crippen LogP contribution in [-0.2, 0) is 6.42 Å². The Kier molecular flexibility index (Phi) is 4.34. The molecule has 2 atom stereocenters. The molecule has 1 aromatic rings. The summed E-state index contributed by atoms with van der Waals surface area (Å²) in [4.78, 5) is 0. The lowest BCUT2D eigenvalue weighted by atomic mass is 9.88. The minimum Gasteiger partial charge on any atom is -0.493 e. The first-order chi connectivity index (χ1) is 8.99. The number of nitrogens with one attached hydrogen (secondary N) is 1. The van der Waals surface area contributed by atoms with E-state index in [1.807, 2.05) is 24.3 Å². The molecular formula is C14H18F3NO. The van der Waals surface area contributed by atoms with Gasteiger partial charge in [0.25, 0.3) is 0 Å². The molecule has 0 aromatic heterocycles. The summed E-state index contributed by atoms with van der Waals surface area (Å²) in [5.74, 6) is 0.937. The van der Waals surface area contributed by atoms with Crippen molar-refractivity contribution < 1.29 is 17.9 Å². The van der Waals surface area contributed by atoms with Crippen molar-refractivity contribution in [2.24, 2.45) is 5.92 Å². The molecule has 19 heavy (non-hydrogen) atoms. The van der Waals surface area contributed by atoms with E-state index in [1.165, 1.54) is 0 Å². The zero-order valence-corrected chi connectivity index (χ0v) is 10.8. The smallest absolute Gasteiger partial charge is 0.389 e. The molecule has 2 rings (SSSR count). The van der Waals surface area contributed by atoms with Crippen LogP contribution in [0.2, 0.25) is 0 Å². The van der Waals surface area contributed by atoms with Crippen LogP contribution in [0.3, 0.4) is 0 Å². The highest BCUT2D eigenvalue weighted by Gasteiger charge is 2.32. The Morgan fingerprint density at radius 1 is 1.37 bits per heavy atom. The second kappa shape index (κ2) is 5.82. The molecule has 0 amide bonds. The Balaban J connectivity index is 1.98. The van der Waals surface area contributed by atoms with Gasteiger partial charge in [-0.25, -0.2) is 0 Å². The fourth-order valence-corrected chi connectivity index (χ4v) is 2.54. The molecule has 1 aromatic carbocycles. The average Bonchev–Trinajstić information content (AvgIpc) is 2.38. The molecule has 0 saturated heterocycles. The van der Waals surface area contributed by atoms with Gasteiger partial charge in [-0.2, -0.15) is 13.2 Å². The second-order valence-electron chi connectivity index (χ2n) is 4.93. The maximum atomic E-state index is 12.3. The highest BCUT2D eigenvalue weighted by atomic mass is 19.4. The largest absolute Gasteiger partial charge is 0.493 e. The predicted octanol–water partition coefficient (Wildman–Crippen LogP) is 3.17. The first kappa shape index (κ1) is 14.2. The van der Waals surface area contributed by atoms with E-state index in [4.69, 9.17) is 4.74 Å². The van der Waals surface area contributed by atoms with Crippen LogP contribution in [0.25, 0.3) is 0 Å². The number of para-hydroxylation sites is 1. The van der Waals surface area contributed by atoms with Crippen molar-refractivity contribution in [2.75, 3.05) is 13.7 Å². The molecule has 1 N–H and O–H groups in total. The molecule has 0 spiro atoms. The van der Waals surface area contributed by atoms with Gasteiger partial charge >= 0.3 is 6.18 Å². The molecule has 106 valence electrons. The van der Waals surface area contributed by atoms with Gasteiger partial charge in [0.05, 0.1) is 6.61 Å². The van der Waals surface area contributed by atoms with Crippen LogP contribution in [0.15, 0.2) is 24.3 Å². The van der Waals surface area contributed by atoms with E-state index in [9.17, 15) is 13.2 Å². The Labute approximate surface area is 111 Å². The van der Waals surface area contributed by atoms with Gasteiger partial charge in [-0.1, -0.05) is 18.2 Å². The Hall–Kier alpha value is -1.23. The summed E-state index contributed by atoms with van der Waals surface area (Å²) in [5, 5.41) is 3.00. The summed E-state index contributed by atoms with van der Waals surface area (Å²) in [6.45, 7) is 0.473. The lowest BCUT2D eigenvalue weighted by molar-refractivity contribution is -0.137. The maximum absolute atomic E-state index is 12.3. The standard InChI is InChI=1S/C14H18F3NO/c1-18-12(6-7-14(15,16)17)11-8-10-4-2-3-5-13(10)19-9-11/h2-5,11-12,18H,6-9H2,1H3. The highest BCUT2D eigenvalue weighted by molar-refractivity contribution is 5.35. The van der Waals surface area contributed by atoms with Crippen molar-refractivity contribution in [1.82, 2.24) is 5.32 Å². The van der Waals surface area contributed by atoms with Gasteiger partial charge in [-0.3, -0.25) is 0 Å². The number of hydrogen-bond donors (Lipinski definition) is 1. The fraction of sp³-hybridized carbons (Fsp3) is 0.571. The lowest BCUT2D eigenvalue weighted by Crippen LogP contribution is -2.40. The molecular weight excluding hydrogens is 255 g/mol. The SMILES string of the molecule is CNC(CCC(F)(F)F)C1COc2ccccc2C1. The molecule has 5 heteroatoms. The molecule has 1 aliphatic heterocycles. The van der Waals surface area contributed by atoms with Crippen LogP contribution in [0.4, 0.5) is 13.2 Å². The quantitative estimate of drug-likeness (QED) is 0.909. The summed E-state index contributed by atoms with van der Waals surface area (Å²) in [5.41, 5.74) is 1.08. The van der Waals surface area contributed by atoms with E-state index >= 15 is 0 Å². The second-order valence-corrected chi connectivity index (χ2v) is 4.93. The van der Waals surface area contributed by atoms with Crippen LogP contribution in [0.5, 0.6) is 5.75 Å². The number of hydrogen-bond acceptors (Lipinski definition) is 2. The molecule has 0 saturated carbocycles. The number of ether oxygens (including phenoxy) is 1. The Bertz CT molecular complexity index is 419. The molecule has 1 heterocycles. The van der Waals surface area contributed by atoms with Crippen molar-refractivity contribution in [3.8, 4) is 5.75 Å². The third-order valence-electron chi connectivity index (χ3n) is 3.59. The third-order valence-corrected chi connectivity index (χ3v) is 3.59. The van der Waals surface area contributed by atoms with E-state index in [2.05, 4.69) is 5.32 Å². The van der Waals surface area contributed by atoms with Crippen LogP contribution < -0.4 is 10.1 Å². The molecule has 0 aliphatic carbocycles. The van der Waals surface area contributed by atoms with Crippen LogP contribution in [-0.4, -0.2) is 25.9 Å². The molecule has 0 bridgehead atoms. The highest BCUT2D eigenvalue weighted by Crippen LogP contribution is 2.31. The summed E-state index contributed by atoms with van der Waals surface area (Å²) in [7, 11) is 1.71. The van der Waals surface area contributed by atoms with Crippen molar-refractivity contribution in [3.05, 3.63) is 29.8 Å². The monoisotopic (exact) mass is 273 g/mol. The molecule has 0 radical (unpaired) electrons. The van der Waals surface area contributed by atoms with Gasteiger partial charge < -0.3 is 10.1 Å². The van der Waals surface area contributed by atoms with Gasteiger partial charge in [0.1, 0.15) is 5.75 Å². The topological polar surface area (TPSA) is 21.3 Å². The molecule has 1 aliphatic rings.